The van der Waals surface area contributed by atoms with E-state index in [1.165, 1.54) is 42.9 Å². The van der Waals surface area contributed by atoms with Crippen molar-refractivity contribution < 1.29 is 9.53 Å². The molecule has 138 valence electrons. The standard InChI is InChI=1S/C19H29N3O3/c1-25-13-12-22-18(23)10-9-17(20-22)19(24)21-11-5-8-16(21)14-15-6-3-2-4-7-15/h9-10,15-16H,2-8,11-14H2,1H3/t16-/m1/s1. The van der Waals surface area contributed by atoms with Gasteiger partial charge in [-0.2, -0.15) is 5.10 Å². The monoisotopic (exact) mass is 347 g/mol. The van der Waals surface area contributed by atoms with Crippen LogP contribution in [0.5, 0.6) is 0 Å². The number of carbonyl (C=O) groups excluding carboxylic acids is 1. The number of aromatic nitrogens is 2. The number of amides is 1. The van der Waals surface area contributed by atoms with Crippen molar-refractivity contribution in [2.45, 2.75) is 64.0 Å². The van der Waals surface area contributed by atoms with Gasteiger partial charge in [0.1, 0.15) is 5.69 Å². The molecule has 2 heterocycles. The maximum absolute atomic E-state index is 13.0. The summed E-state index contributed by atoms with van der Waals surface area (Å²) in [6.45, 7) is 1.57. The number of carbonyl (C=O) groups is 1. The first kappa shape index (κ1) is 18.1. The van der Waals surface area contributed by atoms with Crippen LogP contribution in [0.2, 0.25) is 0 Å². The van der Waals surface area contributed by atoms with E-state index in [2.05, 4.69) is 5.10 Å². The summed E-state index contributed by atoms with van der Waals surface area (Å²) in [5.41, 5.74) is 0.167. The van der Waals surface area contributed by atoms with Gasteiger partial charge >= 0.3 is 0 Å². The first-order valence-electron chi connectivity index (χ1n) is 9.57. The normalized spacial score (nSPS) is 21.6. The van der Waals surface area contributed by atoms with E-state index >= 15 is 0 Å². The molecule has 25 heavy (non-hydrogen) atoms. The Morgan fingerprint density at radius 2 is 2.00 bits per heavy atom. The fourth-order valence-electron chi connectivity index (χ4n) is 4.20. The van der Waals surface area contributed by atoms with E-state index in [9.17, 15) is 9.59 Å². The van der Waals surface area contributed by atoms with Gasteiger partial charge in [-0.25, -0.2) is 4.68 Å². The fourth-order valence-corrected chi connectivity index (χ4v) is 4.20. The Balaban J connectivity index is 1.69. The lowest BCUT2D eigenvalue weighted by Gasteiger charge is -2.30. The van der Waals surface area contributed by atoms with E-state index < -0.39 is 0 Å². The van der Waals surface area contributed by atoms with Crippen molar-refractivity contribution in [3.63, 3.8) is 0 Å². The van der Waals surface area contributed by atoms with E-state index in [-0.39, 0.29) is 11.5 Å². The lowest BCUT2D eigenvalue weighted by Crippen LogP contribution is -2.38. The third-order valence-corrected chi connectivity index (χ3v) is 5.56. The van der Waals surface area contributed by atoms with E-state index in [4.69, 9.17) is 4.74 Å². The lowest BCUT2D eigenvalue weighted by molar-refractivity contribution is 0.0701. The van der Waals surface area contributed by atoms with Gasteiger partial charge in [0.05, 0.1) is 13.2 Å². The van der Waals surface area contributed by atoms with Gasteiger partial charge in [0.25, 0.3) is 11.5 Å². The summed E-state index contributed by atoms with van der Waals surface area (Å²) in [7, 11) is 1.58. The first-order chi connectivity index (χ1) is 12.2. The molecular formula is C19H29N3O3. The van der Waals surface area contributed by atoms with Gasteiger partial charge in [0, 0.05) is 25.8 Å². The second-order valence-electron chi connectivity index (χ2n) is 7.31. The van der Waals surface area contributed by atoms with E-state index in [0.717, 1.165) is 31.7 Å². The predicted octanol–water partition coefficient (Wildman–Crippen LogP) is 2.46. The zero-order chi connectivity index (χ0) is 17.6. The maximum Gasteiger partial charge on any atom is 0.274 e. The summed E-state index contributed by atoms with van der Waals surface area (Å²) < 4.78 is 6.33. The Bertz CT molecular complexity index is 637. The SMILES string of the molecule is COCCn1nc(C(=O)N2CCC[C@@H]2CC2CCCCC2)ccc1=O. The Labute approximate surface area is 149 Å². The third kappa shape index (κ3) is 4.48. The minimum Gasteiger partial charge on any atom is -0.383 e. The topological polar surface area (TPSA) is 64.4 Å². The molecule has 1 aliphatic heterocycles. The number of methoxy groups -OCH3 is 1. The maximum atomic E-state index is 13.0. The second-order valence-corrected chi connectivity index (χ2v) is 7.31. The van der Waals surface area contributed by atoms with Gasteiger partial charge in [-0.3, -0.25) is 9.59 Å². The van der Waals surface area contributed by atoms with Crippen LogP contribution in [0.4, 0.5) is 0 Å². The highest BCUT2D eigenvalue weighted by Crippen LogP contribution is 2.32. The largest absolute Gasteiger partial charge is 0.383 e. The van der Waals surface area contributed by atoms with Gasteiger partial charge in [0.15, 0.2) is 0 Å². The van der Waals surface area contributed by atoms with Crippen LogP contribution in [0.3, 0.4) is 0 Å². The van der Waals surface area contributed by atoms with Gasteiger partial charge in [-0.1, -0.05) is 32.1 Å². The van der Waals surface area contributed by atoms with Crippen LogP contribution in [0.1, 0.15) is 61.9 Å². The van der Waals surface area contributed by atoms with Crippen molar-refractivity contribution in [2.24, 2.45) is 5.92 Å². The zero-order valence-electron chi connectivity index (χ0n) is 15.2. The predicted molar refractivity (Wildman–Crippen MR) is 95.6 cm³/mol. The van der Waals surface area contributed by atoms with Crippen LogP contribution in [-0.4, -0.2) is 46.9 Å². The number of ether oxygens (including phenoxy) is 1. The highest BCUT2D eigenvalue weighted by Gasteiger charge is 2.32. The van der Waals surface area contributed by atoms with Crippen molar-refractivity contribution in [3.05, 3.63) is 28.2 Å². The summed E-state index contributed by atoms with van der Waals surface area (Å²) in [6, 6.07) is 3.32. The molecule has 0 aromatic carbocycles. The quantitative estimate of drug-likeness (QED) is 0.793. The Kier molecular flexibility index (Phi) is 6.24. The van der Waals surface area contributed by atoms with Crippen molar-refractivity contribution in [3.8, 4) is 0 Å². The van der Waals surface area contributed by atoms with Crippen LogP contribution in [0.15, 0.2) is 16.9 Å². The van der Waals surface area contributed by atoms with Crippen molar-refractivity contribution >= 4 is 5.91 Å². The minimum atomic E-state index is -0.200. The fraction of sp³-hybridized carbons (Fsp3) is 0.737. The molecule has 1 aliphatic carbocycles. The summed E-state index contributed by atoms with van der Waals surface area (Å²) in [6.07, 6.45) is 9.90. The van der Waals surface area contributed by atoms with Gasteiger partial charge in [-0.15, -0.1) is 0 Å². The van der Waals surface area contributed by atoms with Gasteiger partial charge < -0.3 is 9.64 Å². The molecule has 1 aromatic rings. The molecule has 0 unspecified atom stereocenters. The molecule has 2 fully saturated rings. The molecule has 1 saturated carbocycles. The molecule has 1 atom stereocenters. The molecule has 0 radical (unpaired) electrons. The average molecular weight is 347 g/mol. The Hall–Kier alpha value is -1.69. The summed E-state index contributed by atoms with van der Waals surface area (Å²) in [5, 5.41) is 4.27. The molecule has 1 amide bonds. The molecule has 3 rings (SSSR count). The molecule has 2 aliphatic rings. The molecule has 6 nitrogen and oxygen atoms in total. The molecule has 0 bridgehead atoms. The van der Waals surface area contributed by atoms with E-state index in [1.807, 2.05) is 4.90 Å². The lowest BCUT2D eigenvalue weighted by atomic mass is 9.84. The zero-order valence-corrected chi connectivity index (χ0v) is 15.2. The number of likely N-dealkylation sites (tertiary alicyclic amines) is 1. The van der Waals surface area contributed by atoms with Crippen LogP contribution >= 0.6 is 0 Å². The first-order valence-corrected chi connectivity index (χ1v) is 9.57. The number of hydrogen-bond acceptors (Lipinski definition) is 4. The van der Waals surface area contributed by atoms with E-state index in [1.54, 1.807) is 13.2 Å². The van der Waals surface area contributed by atoms with Crippen molar-refractivity contribution in [2.75, 3.05) is 20.3 Å². The van der Waals surface area contributed by atoms with Crippen LogP contribution in [0.25, 0.3) is 0 Å². The Morgan fingerprint density at radius 3 is 2.76 bits per heavy atom. The molecular weight excluding hydrogens is 318 g/mol. The summed E-state index contributed by atoms with van der Waals surface area (Å²) in [4.78, 5) is 26.8. The summed E-state index contributed by atoms with van der Waals surface area (Å²) >= 11 is 0. The van der Waals surface area contributed by atoms with Crippen LogP contribution < -0.4 is 5.56 Å². The molecule has 6 heteroatoms. The second kappa shape index (κ2) is 8.61. The highest BCUT2D eigenvalue weighted by atomic mass is 16.5. The van der Waals surface area contributed by atoms with Crippen LogP contribution in [0, 0.1) is 5.92 Å². The number of nitrogens with zero attached hydrogens (tertiary/aromatic N) is 3. The number of hydrogen-bond donors (Lipinski definition) is 0. The highest BCUT2D eigenvalue weighted by molar-refractivity contribution is 5.92. The molecule has 0 spiro atoms. The molecule has 1 saturated heterocycles. The molecule has 1 aromatic heterocycles. The van der Waals surface area contributed by atoms with Crippen molar-refractivity contribution in [1.29, 1.82) is 0 Å². The van der Waals surface area contributed by atoms with Gasteiger partial charge in [0.2, 0.25) is 0 Å². The molecule has 0 N–H and O–H groups in total. The van der Waals surface area contributed by atoms with Gasteiger partial charge in [-0.05, 0) is 31.2 Å². The Morgan fingerprint density at radius 1 is 1.20 bits per heavy atom. The van der Waals surface area contributed by atoms with Crippen LogP contribution in [-0.2, 0) is 11.3 Å². The van der Waals surface area contributed by atoms with E-state index in [0.29, 0.717) is 24.9 Å². The average Bonchev–Trinajstić information content (AvgIpc) is 3.09. The minimum absolute atomic E-state index is 0.0375. The third-order valence-electron chi connectivity index (χ3n) is 5.56. The smallest absolute Gasteiger partial charge is 0.274 e. The summed E-state index contributed by atoms with van der Waals surface area (Å²) in [5.74, 6) is 0.722. The number of rotatable bonds is 6. The van der Waals surface area contributed by atoms with Crippen molar-refractivity contribution in [1.82, 2.24) is 14.7 Å².